The van der Waals surface area contributed by atoms with Crippen molar-refractivity contribution in [2.45, 2.75) is 6.18 Å². The molecule has 5 nitrogen and oxygen atoms in total. The second-order valence-electron chi connectivity index (χ2n) is 4.06. The summed E-state index contributed by atoms with van der Waals surface area (Å²) < 4.78 is 43.0. The molecule has 0 spiro atoms. The van der Waals surface area contributed by atoms with Gasteiger partial charge in [-0.25, -0.2) is 0 Å². The van der Waals surface area contributed by atoms with Gasteiger partial charge in [0.05, 0.1) is 23.7 Å². The maximum atomic E-state index is 12.7. The standard InChI is InChI=1S/C11H11F3N2O3/c12-11(13,14)8-1-2-9(16(17)18)10(7-8)15-3-5-19-6-4-15/h1-2,7H,3-6H2. The van der Waals surface area contributed by atoms with Gasteiger partial charge in [0.25, 0.3) is 5.69 Å². The van der Waals surface area contributed by atoms with Crippen LogP contribution in [0.2, 0.25) is 0 Å². The maximum absolute atomic E-state index is 12.7. The monoisotopic (exact) mass is 276 g/mol. The Balaban J connectivity index is 2.44. The number of hydrogen-bond donors (Lipinski definition) is 0. The van der Waals surface area contributed by atoms with E-state index in [2.05, 4.69) is 0 Å². The first-order valence-electron chi connectivity index (χ1n) is 5.58. The molecule has 0 bridgehead atoms. The van der Waals surface area contributed by atoms with Gasteiger partial charge in [-0.2, -0.15) is 13.2 Å². The van der Waals surface area contributed by atoms with E-state index < -0.39 is 16.7 Å². The number of ether oxygens (including phenoxy) is 1. The average Bonchev–Trinajstić information content (AvgIpc) is 2.38. The van der Waals surface area contributed by atoms with Crippen molar-refractivity contribution in [3.63, 3.8) is 0 Å². The van der Waals surface area contributed by atoms with E-state index in [4.69, 9.17) is 4.74 Å². The molecule has 1 aromatic carbocycles. The Bertz CT molecular complexity index is 485. The summed E-state index contributed by atoms with van der Waals surface area (Å²) in [5.41, 5.74) is -1.22. The van der Waals surface area contributed by atoms with E-state index in [9.17, 15) is 23.3 Å². The molecule has 8 heteroatoms. The first-order valence-corrected chi connectivity index (χ1v) is 5.58. The lowest BCUT2D eigenvalue weighted by atomic mass is 10.1. The van der Waals surface area contributed by atoms with Crippen LogP contribution in [0.15, 0.2) is 18.2 Å². The highest BCUT2D eigenvalue weighted by atomic mass is 19.4. The molecule has 0 N–H and O–H groups in total. The molecule has 1 aliphatic heterocycles. The smallest absolute Gasteiger partial charge is 0.378 e. The molecule has 2 rings (SSSR count). The highest BCUT2D eigenvalue weighted by molar-refractivity contribution is 5.65. The van der Waals surface area contributed by atoms with Gasteiger partial charge in [-0.3, -0.25) is 10.1 Å². The van der Waals surface area contributed by atoms with E-state index >= 15 is 0 Å². The van der Waals surface area contributed by atoms with Crippen LogP contribution in [-0.4, -0.2) is 31.2 Å². The Morgan fingerprint density at radius 2 is 1.89 bits per heavy atom. The molecule has 0 radical (unpaired) electrons. The summed E-state index contributed by atoms with van der Waals surface area (Å²) in [5.74, 6) is 0. The first-order chi connectivity index (χ1) is 8.89. The van der Waals surface area contributed by atoms with Crippen molar-refractivity contribution in [2.24, 2.45) is 0 Å². The van der Waals surface area contributed by atoms with Crippen LogP contribution in [0, 0.1) is 10.1 Å². The lowest BCUT2D eigenvalue weighted by molar-refractivity contribution is -0.384. The van der Waals surface area contributed by atoms with Gasteiger partial charge in [-0.1, -0.05) is 0 Å². The van der Waals surface area contributed by atoms with Crippen LogP contribution in [0.25, 0.3) is 0 Å². The van der Waals surface area contributed by atoms with Crippen LogP contribution < -0.4 is 4.90 Å². The minimum absolute atomic E-state index is 0.0110. The number of morpholine rings is 1. The molecule has 1 saturated heterocycles. The normalized spacial score (nSPS) is 16.5. The second-order valence-corrected chi connectivity index (χ2v) is 4.06. The van der Waals surface area contributed by atoms with Crippen molar-refractivity contribution in [3.8, 4) is 0 Å². The quantitative estimate of drug-likeness (QED) is 0.615. The summed E-state index contributed by atoms with van der Waals surface area (Å²) in [7, 11) is 0. The van der Waals surface area contributed by atoms with Gasteiger partial charge in [0, 0.05) is 19.2 Å². The lowest BCUT2D eigenvalue weighted by Gasteiger charge is -2.28. The van der Waals surface area contributed by atoms with E-state index in [1.807, 2.05) is 0 Å². The highest BCUT2D eigenvalue weighted by Crippen LogP contribution is 2.36. The fourth-order valence-electron chi connectivity index (χ4n) is 1.91. The third-order valence-corrected chi connectivity index (χ3v) is 2.85. The second kappa shape index (κ2) is 5.04. The van der Waals surface area contributed by atoms with Gasteiger partial charge in [0.1, 0.15) is 5.69 Å². The van der Waals surface area contributed by atoms with Crippen molar-refractivity contribution in [1.82, 2.24) is 0 Å². The summed E-state index contributed by atoms with van der Waals surface area (Å²) >= 11 is 0. The number of halogens is 3. The molecule has 0 unspecified atom stereocenters. The van der Waals surface area contributed by atoms with Crippen LogP contribution >= 0.6 is 0 Å². The van der Waals surface area contributed by atoms with Crippen LogP contribution in [0.1, 0.15) is 5.56 Å². The van der Waals surface area contributed by atoms with E-state index in [0.717, 1.165) is 18.2 Å². The molecule has 0 saturated carbocycles. The molecule has 1 heterocycles. The number of benzene rings is 1. The Kier molecular flexibility index (Phi) is 3.61. The summed E-state index contributed by atoms with van der Waals surface area (Å²) in [5, 5.41) is 10.9. The predicted octanol–water partition coefficient (Wildman–Crippen LogP) is 2.45. The topological polar surface area (TPSA) is 55.6 Å². The van der Waals surface area contributed by atoms with Gasteiger partial charge in [0.2, 0.25) is 0 Å². The van der Waals surface area contributed by atoms with Crippen LogP contribution in [-0.2, 0) is 10.9 Å². The Morgan fingerprint density at radius 1 is 1.26 bits per heavy atom. The predicted molar refractivity (Wildman–Crippen MR) is 61.1 cm³/mol. The van der Waals surface area contributed by atoms with Gasteiger partial charge in [0.15, 0.2) is 0 Å². The Morgan fingerprint density at radius 3 is 2.42 bits per heavy atom. The molecule has 0 aromatic heterocycles. The molecule has 1 aromatic rings. The fourth-order valence-corrected chi connectivity index (χ4v) is 1.91. The zero-order chi connectivity index (χ0) is 14.0. The summed E-state index contributed by atoms with van der Waals surface area (Å²) in [6.07, 6.45) is -4.52. The van der Waals surface area contributed by atoms with Gasteiger partial charge < -0.3 is 9.64 Å². The first kappa shape index (κ1) is 13.6. The molecule has 1 fully saturated rings. The van der Waals surface area contributed by atoms with Crippen molar-refractivity contribution in [1.29, 1.82) is 0 Å². The number of rotatable bonds is 2. The average molecular weight is 276 g/mol. The SMILES string of the molecule is O=[N+]([O-])c1ccc(C(F)(F)F)cc1N1CCOCC1. The fraction of sp³-hybridized carbons (Fsp3) is 0.455. The van der Waals surface area contributed by atoms with E-state index in [1.54, 1.807) is 0 Å². The molecular weight excluding hydrogens is 265 g/mol. The third kappa shape index (κ3) is 2.95. The van der Waals surface area contributed by atoms with Crippen LogP contribution in [0.4, 0.5) is 24.5 Å². The molecule has 19 heavy (non-hydrogen) atoms. The van der Waals surface area contributed by atoms with Crippen molar-refractivity contribution in [3.05, 3.63) is 33.9 Å². The highest BCUT2D eigenvalue weighted by Gasteiger charge is 2.33. The minimum atomic E-state index is -4.52. The molecule has 0 aliphatic carbocycles. The maximum Gasteiger partial charge on any atom is 0.416 e. The minimum Gasteiger partial charge on any atom is -0.378 e. The molecule has 0 atom stereocenters. The van der Waals surface area contributed by atoms with Gasteiger partial charge in [-0.15, -0.1) is 0 Å². The summed E-state index contributed by atoms with van der Waals surface area (Å²) in [6, 6.07) is 2.44. The molecule has 1 aliphatic rings. The Labute approximate surface area is 106 Å². The number of nitro groups is 1. The summed E-state index contributed by atoms with van der Waals surface area (Å²) in [6.45, 7) is 1.35. The van der Waals surface area contributed by atoms with E-state index in [1.165, 1.54) is 4.90 Å². The zero-order valence-electron chi connectivity index (χ0n) is 9.81. The van der Waals surface area contributed by atoms with E-state index in [-0.39, 0.29) is 11.4 Å². The van der Waals surface area contributed by atoms with Gasteiger partial charge in [-0.05, 0) is 12.1 Å². The largest absolute Gasteiger partial charge is 0.416 e. The number of alkyl halides is 3. The zero-order valence-corrected chi connectivity index (χ0v) is 9.81. The number of nitro benzene ring substituents is 1. The van der Waals surface area contributed by atoms with Crippen LogP contribution in [0.3, 0.4) is 0 Å². The van der Waals surface area contributed by atoms with Crippen molar-refractivity contribution in [2.75, 3.05) is 31.2 Å². The molecule has 0 amide bonds. The Hall–Kier alpha value is -1.83. The third-order valence-electron chi connectivity index (χ3n) is 2.85. The summed E-state index contributed by atoms with van der Waals surface area (Å²) in [4.78, 5) is 11.8. The number of hydrogen-bond acceptors (Lipinski definition) is 4. The number of nitrogens with zero attached hydrogens (tertiary/aromatic N) is 2. The lowest BCUT2D eigenvalue weighted by Crippen LogP contribution is -2.36. The molecular formula is C11H11F3N2O3. The van der Waals surface area contributed by atoms with Crippen molar-refractivity contribution >= 4 is 11.4 Å². The molecule has 104 valence electrons. The van der Waals surface area contributed by atoms with E-state index in [0.29, 0.717) is 26.3 Å². The van der Waals surface area contributed by atoms with Gasteiger partial charge >= 0.3 is 6.18 Å². The van der Waals surface area contributed by atoms with Crippen molar-refractivity contribution < 1.29 is 22.8 Å². The van der Waals surface area contributed by atoms with Crippen LogP contribution in [0.5, 0.6) is 0 Å². The number of anilines is 1.